The van der Waals surface area contributed by atoms with Gasteiger partial charge in [0, 0.05) is 13.1 Å². The van der Waals surface area contributed by atoms with Gasteiger partial charge >= 0.3 is 5.97 Å². The number of rotatable bonds is 5. The van der Waals surface area contributed by atoms with Crippen LogP contribution in [0.3, 0.4) is 0 Å². The summed E-state index contributed by atoms with van der Waals surface area (Å²) in [6, 6.07) is 5.06. The van der Waals surface area contributed by atoms with E-state index in [1.165, 1.54) is 0 Å². The normalized spacial score (nSPS) is 9.94. The predicted molar refractivity (Wildman–Crippen MR) is 63.5 cm³/mol. The monoisotopic (exact) mass is 223 g/mol. The van der Waals surface area contributed by atoms with Gasteiger partial charge in [0.2, 0.25) is 0 Å². The highest BCUT2D eigenvalue weighted by Gasteiger charge is 2.18. The summed E-state index contributed by atoms with van der Waals surface area (Å²) in [6.45, 7) is 5.47. The van der Waals surface area contributed by atoms with E-state index in [9.17, 15) is 4.79 Å². The van der Waals surface area contributed by atoms with Gasteiger partial charge in [-0.15, -0.1) is 0 Å². The van der Waals surface area contributed by atoms with Crippen molar-refractivity contribution in [2.24, 2.45) is 0 Å². The van der Waals surface area contributed by atoms with E-state index in [-0.39, 0.29) is 5.56 Å². The standard InChI is InChI=1S/C12H17NO3/c1-4-13(5-2)11-9(12(14)15)7-6-8-10(11)16-3/h6-8H,4-5H2,1-3H3,(H,14,15). The van der Waals surface area contributed by atoms with Crippen molar-refractivity contribution in [2.45, 2.75) is 13.8 Å². The third-order valence-corrected chi connectivity index (χ3v) is 2.53. The second-order valence-corrected chi connectivity index (χ2v) is 3.33. The van der Waals surface area contributed by atoms with Crippen LogP contribution in [-0.4, -0.2) is 31.3 Å². The molecule has 0 aliphatic rings. The maximum Gasteiger partial charge on any atom is 0.337 e. The van der Waals surface area contributed by atoms with Gasteiger partial charge in [0.25, 0.3) is 0 Å². The minimum absolute atomic E-state index is 0.281. The molecule has 1 rings (SSSR count). The molecule has 88 valence electrons. The quantitative estimate of drug-likeness (QED) is 0.831. The summed E-state index contributed by atoms with van der Waals surface area (Å²) in [5.41, 5.74) is 0.936. The Labute approximate surface area is 95.5 Å². The van der Waals surface area contributed by atoms with E-state index in [1.807, 2.05) is 18.7 Å². The van der Waals surface area contributed by atoms with Gasteiger partial charge in [-0.25, -0.2) is 4.79 Å². The smallest absolute Gasteiger partial charge is 0.337 e. The lowest BCUT2D eigenvalue weighted by Gasteiger charge is -2.24. The van der Waals surface area contributed by atoms with Crippen LogP contribution < -0.4 is 9.64 Å². The van der Waals surface area contributed by atoms with Crippen LogP contribution in [0.15, 0.2) is 18.2 Å². The molecule has 0 aliphatic carbocycles. The molecule has 0 aromatic heterocycles. The third kappa shape index (κ3) is 2.27. The lowest BCUT2D eigenvalue weighted by atomic mass is 10.1. The van der Waals surface area contributed by atoms with Crippen molar-refractivity contribution >= 4 is 11.7 Å². The van der Waals surface area contributed by atoms with Crippen molar-refractivity contribution in [3.05, 3.63) is 23.8 Å². The van der Waals surface area contributed by atoms with E-state index in [0.717, 1.165) is 13.1 Å². The van der Waals surface area contributed by atoms with Crippen molar-refractivity contribution in [3.8, 4) is 5.75 Å². The number of anilines is 1. The molecule has 1 N–H and O–H groups in total. The first-order valence-corrected chi connectivity index (χ1v) is 5.30. The van der Waals surface area contributed by atoms with Crippen LogP contribution in [0.25, 0.3) is 0 Å². The number of methoxy groups -OCH3 is 1. The second-order valence-electron chi connectivity index (χ2n) is 3.33. The number of carboxylic acids is 1. The molecule has 0 bridgehead atoms. The van der Waals surface area contributed by atoms with E-state index in [1.54, 1.807) is 25.3 Å². The summed E-state index contributed by atoms with van der Waals surface area (Å²) < 4.78 is 5.22. The molecule has 4 nitrogen and oxygen atoms in total. The molecule has 1 aromatic rings. The number of nitrogens with zero attached hydrogens (tertiary/aromatic N) is 1. The first kappa shape index (κ1) is 12.4. The lowest BCUT2D eigenvalue weighted by molar-refractivity contribution is 0.0697. The molecule has 0 fully saturated rings. The molecule has 0 spiro atoms. The van der Waals surface area contributed by atoms with Crippen LogP contribution in [0, 0.1) is 0 Å². The first-order chi connectivity index (χ1) is 7.65. The van der Waals surface area contributed by atoms with Gasteiger partial charge < -0.3 is 14.7 Å². The Hall–Kier alpha value is -1.71. The highest BCUT2D eigenvalue weighted by Crippen LogP contribution is 2.31. The van der Waals surface area contributed by atoms with Gasteiger partial charge in [-0.05, 0) is 26.0 Å². The molecule has 0 saturated carbocycles. The number of carbonyl (C=O) groups is 1. The second kappa shape index (κ2) is 5.39. The van der Waals surface area contributed by atoms with Gasteiger partial charge in [0.15, 0.2) is 0 Å². The summed E-state index contributed by atoms with van der Waals surface area (Å²) in [6.07, 6.45) is 0. The minimum Gasteiger partial charge on any atom is -0.495 e. The molecule has 0 heterocycles. The molecule has 0 radical (unpaired) electrons. The molecule has 4 heteroatoms. The van der Waals surface area contributed by atoms with Crippen molar-refractivity contribution in [2.75, 3.05) is 25.1 Å². The van der Waals surface area contributed by atoms with E-state index < -0.39 is 5.97 Å². The Kier molecular flexibility index (Phi) is 4.17. The summed E-state index contributed by atoms with van der Waals surface area (Å²) in [5.74, 6) is -0.329. The molecule has 0 saturated heterocycles. The number of aromatic carboxylic acids is 1. The Morgan fingerprint density at radius 3 is 2.44 bits per heavy atom. The fraction of sp³-hybridized carbons (Fsp3) is 0.417. The molecular weight excluding hydrogens is 206 g/mol. The largest absolute Gasteiger partial charge is 0.495 e. The average Bonchev–Trinajstić information content (AvgIpc) is 2.30. The van der Waals surface area contributed by atoms with Gasteiger partial charge in [-0.2, -0.15) is 0 Å². The van der Waals surface area contributed by atoms with Crippen molar-refractivity contribution in [3.63, 3.8) is 0 Å². The van der Waals surface area contributed by atoms with Crippen LogP contribution in [-0.2, 0) is 0 Å². The van der Waals surface area contributed by atoms with Crippen molar-refractivity contribution in [1.82, 2.24) is 0 Å². The molecule has 1 aromatic carbocycles. The first-order valence-electron chi connectivity index (χ1n) is 5.30. The number of ether oxygens (including phenoxy) is 1. The Balaban J connectivity index is 3.34. The molecule has 0 atom stereocenters. The van der Waals surface area contributed by atoms with E-state index in [2.05, 4.69) is 0 Å². The Bertz CT molecular complexity index is 373. The maximum atomic E-state index is 11.1. The summed E-state index contributed by atoms with van der Waals surface area (Å²) in [5, 5.41) is 9.14. The number of hydrogen-bond donors (Lipinski definition) is 1. The highest BCUT2D eigenvalue weighted by atomic mass is 16.5. The van der Waals surface area contributed by atoms with E-state index in [4.69, 9.17) is 9.84 Å². The SMILES string of the molecule is CCN(CC)c1c(OC)cccc1C(=O)O. The molecular formula is C12H17NO3. The number of benzene rings is 1. The van der Waals surface area contributed by atoms with Crippen LogP contribution >= 0.6 is 0 Å². The topological polar surface area (TPSA) is 49.8 Å². The number of para-hydroxylation sites is 1. The molecule has 0 amide bonds. The Morgan fingerprint density at radius 2 is 2.00 bits per heavy atom. The lowest BCUT2D eigenvalue weighted by Crippen LogP contribution is -2.24. The fourth-order valence-electron chi connectivity index (χ4n) is 1.73. The van der Waals surface area contributed by atoms with Gasteiger partial charge in [0.05, 0.1) is 18.4 Å². The zero-order valence-electron chi connectivity index (χ0n) is 9.86. The minimum atomic E-state index is -0.930. The predicted octanol–water partition coefficient (Wildman–Crippen LogP) is 2.24. The van der Waals surface area contributed by atoms with Gasteiger partial charge in [-0.3, -0.25) is 0 Å². The van der Waals surface area contributed by atoms with E-state index >= 15 is 0 Å². The van der Waals surface area contributed by atoms with Crippen LogP contribution in [0.5, 0.6) is 5.75 Å². The molecule has 0 aliphatic heterocycles. The van der Waals surface area contributed by atoms with Crippen LogP contribution in [0.4, 0.5) is 5.69 Å². The molecule has 16 heavy (non-hydrogen) atoms. The Morgan fingerprint density at radius 1 is 1.38 bits per heavy atom. The van der Waals surface area contributed by atoms with Gasteiger partial charge in [-0.1, -0.05) is 6.07 Å². The summed E-state index contributed by atoms with van der Waals surface area (Å²) in [7, 11) is 1.55. The fourth-order valence-corrected chi connectivity index (χ4v) is 1.73. The number of hydrogen-bond acceptors (Lipinski definition) is 3. The highest BCUT2D eigenvalue weighted by molar-refractivity contribution is 5.96. The zero-order chi connectivity index (χ0) is 12.1. The molecule has 0 unspecified atom stereocenters. The zero-order valence-corrected chi connectivity index (χ0v) is 9.86. The van der Waals surface area contributed by atoms with E-state index in [0.29, 0.717) is 11.4 Å². The van der Waals surface area contributed by atoms with Crippen LogP contribution in [0.1, 0.15) is 24.2 Å². The summed E-state index contributed by atoms with van der Waals surface area (Å²) in [4.78, 5) is 13.1. The average molecular weight is 223 g/mol. The maximum absolute atomic E-state index is 11.1. The van der Waals surface area contributed by atoms with Gasteiger partial charge in [0.1, 0.15) is 5.75 Å². The number of carboxylic acid groups (broad SMARTS) is 1. The summed E-state index contributed by atoms with van der Waals surface area (Å²) >= 11 is 0. The van der Waals surface area contributed by atoms with Crippen molar-refractivity contribution < 1.29 is 14.6 Å². The van der Waals surface area contributed by atoms with Crippen LogP contribution in [0.2, 0.25) is 0 Å². The third-order valence-electron chi connectivity index (χ3n) is 2.53. The van der Waals surface area contributed by atoms with Crippen molar-refractivity contribution in [1.29, 1.82) is 0 Å².